The van der Waals surface area contributed by atoms with Gasteiger partial charge in [-0.1, -0.05) is 13.3 Å². The average molecular weight is 163 g/mol. The number of aryl methyl sites for hydroxylation is 1. The quantitative estimate of drug-likeness (QED) is 0.639. The molecule has 12 heavy (non-hydrogen) atoms. The van der Waals surface area contributed by atoms with Crippen LogP contribution < -0.4 is 0 Å². The second-order valence-corrected chi connectivity index (χ2v) is 2.86. The van der Waals surface area contributed by atoms with Crippen molar-refractivity contribution in [2.75, 3.05) is 0 Å². The van der Waals surface area contributed by atoms with Gasteiger partial charge in [-0.05, 0) is 24.1 Å². The Morgan fingerprint density at radius 1 is 1.58 bits per heavy atom. The summed E-state index contributed by atoms with van der Waals surface area (Å²) in [5.41, 5.74) is 1.76. The molecule has 64 valence electrons. The monoisotopic (exact) mass is 163 g/mol. The van der Waals surface area contributed by atoms with E-state index in [9.17, 15) is 4.79 Å². The number of hydrogen-bond acceptors (Lipinski definition) is 2. The Hall–Kier alpha value is -1.18. The molecule has 0 aliphatic rings. The normalized spacial score (nSPS) is 9.83. The summed E-state index contributed by atoms with van der Waals surface area (Å²) in [4.78, 5) is 14.9. The molecule has 1 rings (SSSR count). The molecule has 0 aliphatic carbocycles. The Kier molecular flexibility index (Phi) is 2.97. The van der Waals surface area contributed by atoms with Gasteiger partial charge in [0.15, 0.2) is 5.78 Å². The molecule has 0 N–H and O–H groups in total. The number of Topliss-reactive ketones (excluding diaryl/α,β-unsaturated/α-hetero) is 1. The second-order valence-electron chi connectivity index (χ2n) is 2.86. The summed E-state index contributed by atoms with van der Waals surface area (Å²) in [5, 5.41) is 0. The van der Waals surface area contributed by atoms with Crippen LogP contribution in [0.25, 0.3) is 0 Å². The Morgan fingerprint density at radius 2 is 2.33 bits per heavy atom. The first kappa shape index (κ1) is 8.91. The minimum absolute atomic E-state index is 0.0351. The number of aromatic nitrogens is 1. The minimum Gasteiger partial charge on any atom is -0.293 e. The molecule has 1 aromatic heterocycles. The average Bonchev–Trinajstić information content (AvgIpc) is 2.05. The van der Waals surface area contributed by atoms with Crippen molar-refractivity contribution in [1.82, 2.24) is 4.98 Å². The predicted molar refractivity (Wildman–Crippen MR) is 48.2 cm³/mol. The maximum absolute atomic E-state index is 10.9. The van der Waals surface area contributed by atoms with Gasteiger partial charge in [-0.15, -0.1) is 0 Å². The lowest BCUT2D eigenvalue weighted by Crippen LogP contribution is -1.97. The lowest BCUT2D eigenvalue weighted by molar-refractivity contribution is 0.101. The smallest absolute Gasteiger partial charge is 0.178 e. The third kappa shape index (κ3) is 2.16. The molecule has 0 radical (unpaired) electrons. The molecule has 0 aliphatic heterocycles. The van der Waals surface area contributed by atoms with Crippen LogP contribution in [0.15, 0.2) is 18.3 Å². The first-order chi connectivity index (χ1) is 5.74. The van der Waals surface area contributed by atoms with Gasteiger partial charge in [0.2, 0.25) is 0 Å². The first-order valence-corrected chi connectivity index (χ1v) is 4.20. The van der Waals surface area contributed by atoms with E-state index in [0.29, 0.717) is 5.69 Å². The highest BCUT2D eigenvalue weighted by Crippen LogP contribution is 2.04. The molecule has 0 fully saturated rings. The second kappa shape index (κ2) is 4.00. The van der Waals surface area contributed by atoms with Crippen LogP contribution in [-0.4, -0.2) is 10.8 Å². The largest absolute Gasteiger partial charge is 0.293 e. The highest BCUT2D eigenvalue weighted by atomic mass is 16.1. The molecular formula is C10H13NO. The van der Waals surface area contributed by atoms with Crippen molar-refractivity contribution in [1.29, 1.82) is 0 Å². The SMILES string of the molecule is CCCc1ccnc(C(C)=O)c1. The summed E-state index contributed by atoms with van der Waals surface area (Å²) < 4.78 is 0. The van der Waals surface area contributed by atoms with Gasteiger partial charge in [0.05, 0.1) is 0 Å². The Morgan fingerprint density at radius 3 is 2.92 bits per heavy atom. The fraction of sp³-hybridized carbons (Fsp3) is 0.400. The highest BCUT2D eigenvalue weighted by Gasteiger charge is 2.00. The number of nitrogens with zero attached hydrogens (tertiary/aromatic N) is 1. The van der Waals surface area contributed by atoms with Crippen molar-refractivity contribution in [3.63, 3.8) is 0 Å². The summed E-state index contributed by atoms with van der Waals surface area (Å²) >= 11 is 0. The fourth-order valence-corrected chi connectivity index (χ4v) is 1.11. The molecule has 0 spiro atoms. The van der Waals surface area contributed by atoms with Gasteiger partial charge < -0.3 is 0 Å². The zero-order valence-corrected chi connectivity index (χ0v) is 7.50. The molecule has 0 saturated carbocycles. The van der Waals surface area contributed by atoms with Gasteiger partial charge in [-0.25, -0.2) is 0 Å². The van der Waals surface area contributed by atoms with E-state index in [1.54, 1.807) is 6.20 Å². The van der Waals surface area contributed by atoms with Crippen LogP contribution in [-0.2, 0) is 6.42 Å². The Balaban J connectivity index is 2.88. The lowest BCUT2D eigenvalue weighted by atomic mass is 10.1. The summed E-state index contributed by atoms with van der Waals surface area (Å²) in [5.74, 6) is 0.0351. The molecule has 0 atom stereocenters. The molecule has 0 unspecified atom stereocenters. The summed E-state index contributed by atoms with van der Waals surface area (Å²) in [6.45, 7) is 3.66. The maximum Gasteiger partial charge on any atom is 0.178 e. The van der Waals surface area contributed by atoms with E-state index < -0.39 is 0 Å². The van der Waals surface area contributed by atoms with Crippen LogP contribution in [0, 0.1) is 0 Å². The van der Waals surface area contributed by atoms with Crippen LogP contribution >= 0.6 is 0 Å². The fourth-order valence-electron chi connectivity index (χ4n) is 1.11. The van der Waals surface area contributed by atoms with Crippen molar-refractivity contribution in [2.45, 2.75) is 26.7 Å². The molecule has 0 amide bonds. The van der Waals surface area contributed by atoms with Crippen molar-refractivity contribution in [3.05, 3.63) is 29.6 Å². The van der Waals surface area contributed by atoms with E-state index >= 15 is 0 Å². The van der Waals surface area contributed by atoms with E-state index in [0.717, 1.165) is 12.8 Å². The molecule has 2 nitrogen and oxygen atoms in total. The number of carbonyl (C=O) groups excluding carboxylic acids is 1. The third-order valence-corrected chi connectivity index (χ3v) is 1.72. The molecule has 1 aromatic rings. The van der Waals surface area contributed by atoms with Crippen molar-refractivity contribution in [2.24, 2.45) is 0 Å². The highest BCUT2D eigenvalue weighted by molar-refractivity contribution is 5.92. The summed E-state index contributed by atoms with van der Waals surface area (Å²) in [7, 11) is 0. The minimum atomic E-state index is 0.0351. The van der Waals surface area contributed by atoms with Crippen LogP contribution in [0.1, 0.15) is 36.3 Å². The third-order valence-electron chi connectivity index (χ3n) is 1.72. The maximum atomic E-state index is 10.9. The van der Waals surface area contributed by atoms with Gasteiger partial charge in [0.1, 0.15) is 5.69 Å². The van der Waals surface area contributed by atoms with Crippen molar-refractivity contribution >= 4 is 5.78 Å². The van der Waals surface area contributed by atoms with Crippen LogP contribution in [0.2, 0.25) is 0 Å². The van der Waals surface area contributed by atoms with E-state index in [2.05, 4.69) is 11.9 Å². The number of hydrogen-bond donors (Lipinski definition) is 0. The van der Waals surface area contributed by atoms with E-state index in [1.807, 2.05) is 12.1 Å². The molecule has 1 heterocycles. The predicted octanol–water partition coefficient (Wildman–Crippen LogP) is 2.24. The molecule has 0 saturated heterocycles. The summed E-state index contributed by atoms with van der Waals surface area (Å²) in [6.07, 6.45) is 3.81. The van der Waals surface area contributed by atoms with Gasteiger partial charge in [-0.2, -0.15) is 0 Å². The zero-order valence-electron chi connectivity index (χ0n) is 7.50. The number of rotatable bonds is 3. The Bertz CT molecular complexity index is 281. The van der Waals surface area contributed by atoms with E-state index in [1.165, 1.54) is 12.5 Å². The molecular weight excluding hydrogens is 150 g/mol. The standard InChI is InChI=1S/C10H13NO/c1-3-4-9-5-6-11-10(7-9)8(2)12/h5-7H,3-4H2,1-2H3. The van der Waals surface area contributed by atoms with Crippen LogP contribution in [0.5, 0.6) is 0 Å². The van der Waals surface area contributed by atoms with Gasteiger partial charge in [0, 0.05) is 13.1 Å². The van der Waals surface area contributed by atoms with Crippen LogP contribution in [0.3, 0.4) is 0 Å². The van der Waals surface area contributed by atoms with Crippen LogP contribution in [0.4, 0.5) is 0 Å². The number of pyridine rings is 1. The van der Waals surface area contributed by atoms with Crippen molar-refractivity contribution < 1.29 is 4.79 Å². The molecule has 0 bridgehead atoms. The van der Waals surface area contributed by atoms with E-state index in [-0.39, 0.29) is 5.78 Å². The lowest BCUT2D eigenvalue weighted by Gasteiger charge is -1.99. The van der Waals surface area contributed by atoms with Gasteiger partial charge in [0.25, 0.3) is 0 Å². The number of carbonyl (C=O) groups is 1. The first-order valence-electron chi connectivity index (χ1n) is 4.20. The zero-order chi connectivity index (χ0) is 8.97. The van der Waals surface area contributed by atoms with Crippen molar-refractivity contribution in [3.8, 4) is 0 Å². The number of ketones is 1. The summed E-state index contributed by atoms with van der Waals surface area (Å²) in [6, 6.07) is 3.82. The van der Waals surface area contributed by atoms with E-state index in [4.69, 9.17) is 0 Å². The van der Waals surface area contributed by atoms with Gasteiger partial charge in [-0.3, -0.25) is 9.78 Å². The topological polar surface area (TPSA) is 30.0 Å². The van der Waals surface area contributed by atoms with Gasteiger partial charge >= 0.3 is 0 Å². The Labute approximate surface area is 72.6 Å². The molecule has 2 heteroatoms. The molecule has 0 aromatic carbocycles.